The highest BCUT2D eigenvalue weighted by atomic mass is 35.5. The Labute approximate surface area is 101 Å². The zero-order chi connectivity index (χ0) is 11.5. The number of piperazine rings is 1. The van der Waals surface area contributed by atoms with Gasteiger partial charge in [0.15, 0.2) is 11.0 Å². The number of anilines is 1. The van der Waals surface area contributed by atoms with Gasteiger partial charge in [-0.15, -0.1) is 0 Å². The first-order valence-corrected chi connectivity index (χ1v) is 6.05. The van der Waals surface area contributed by atoms with Gasteiger partial charge in [0, 0.05) is 38.1 Å². The predicted molar refractivity (Wildman–Crippen MR) is 66.0 cm³/mol. The Balaban J connectivity index is 2.11. The Hall–Kier alpha value is -0.870. The molecule has 4 nitrogen and oxygen atoms in total. The summed E-state index contributed by atoms with van der Waals surface area (Å²) in [7, 11) is 0. The fraction of sp³-hybridized carbons (Fsp3) is 0.636. The molecule has 2 rings (SSSR count). The van der Waals surface area contributed by atoms with Gasteiger partial charge in [0.05, 0.1) is 0 Å². The standard InChI is InChI=1S/C11H17ClN4/c1-3-15-6-7-16(8-9(15)2)11-10(12)13-4-5-14-11/h4-5,9H,3,6-8H2,1-2H3. The average Bonchev–Trinajstić information content (AvgIpc) is 2.29. The minimum Gasteiger partial charge on any atom is -0.351 e. The van der Waals surface area contributed by atoms with Crippen LogP contribution < -0.4 is 4.90 Å². The van der Waals surface area contributed by atoms with Gasteiger partial charge >= 0.3 is 0 Å². The van der Waals surface area contributed by atoms with Gasteiger partial charge in [0.25, 0.3) is 0 Å². The lowest BCUT2D eigenvalue weighted by Gasteiger charge is -2.39. The normalized spacial score (nSPS) is 22.4. The quantitative estimate of drug-likeness (QED) is 0.787. The lowest BCUT2D eigenvalue weighted by atomic mass is 10.2. The van der Waals surface area contributed by atoms with Gasteiger partial charge in [0.2, 0.25) is 0 Å². The van der Waals surface area contributed by atoms with Gasteiger partial charge in [-0.1, -0.05) is 18.5 Å². The smallest absolute Gasteiger partial charge is 0.171 e. The number of rotatable bonds is 2. The number of nitrogens with zero attached hydrogens (tertiary/aromatic N) is 4. The molecule has 1 saturated heterocycles. The second-order valence-electron chi connectivity index (χ2n) is 4.09. The topological polar surface area (TPSA) is 32.3 Å². The Morgan fingerprint density at radius 1 is 1.38 bits per heavy atom. The Bertz CT molecular complexity index is 358. The van der Waals surface area contributed by atoms with Crippen molar-refractivity contribution in [2.24, 2.45) is 0 Å². The zero-order valence-electron chi connectivity index (χ0n) is 9.73. The molecule has 5 heteroatoms. The van der Waals surface area contributed by atoms with Crippen molar-refractivity contribution in [2.75, 3.05) is 31.1 Å². The van der Waals surface area contributed by atoms with Crippen LogP contribution in [0.2, 0.25) is 5.15 Å². The summed E-state index contributed by atoms with van der Waals surface area (Å²) in [5.41, 5.74) is 0. The highest BCUT2D eigenvalue weighted by Gasteiger charge is 2.24. The van der Waals surface area contributed by atoms with Gasteiger partial charge in [-0.25, -0.2) is 9.97 Å². The van der Waals surface area contributed by atoms with Crippen molar-refractivity contribution < 1.29 is 0 Å². The van der Waals surface area contributed by atoms with E-state index in [2.05, 4.69) is 33.6 Å². The third kappa shape index (κ3) is 2.28. The molecule has 1 aliphatic rings. The number of hydrogen-bond donors (Lipinski definition) is 0. The summed E-state index contributed by atoms with van der Waals surface area (Å²) in [5.74, 6) is 0.812. The molecule has 1 aromatic heterocycles. The summed E-state index contributed by atoms with van der Waals surface area (Å²) >= 11 is 6.05. The van der Waals surface area contributed by atoms with E-state index in [1.807, 2.05) is 0 Å². The van der Waals surface area contributed by atoms with Crippen LogP contribution in [0.5, 0.6) is 0 Å². The molecule has 0 aliphatic carbocycles. The Morgan fingerprint density at radius 3 is 2.75 bits per heavy atom. The molecule has 1 aliphatic heterocycles. The second kappa shape index (κ2) is 4.97. The molecule has 16 heavy (non-hydrogen) atoms. The van der Waals surface area contributed by atoms with Crippen molar-refractivity contribution >= 4 is 17.4 Å². The molecule has 1 fully saturated rings. The minimum absolute atomic E-state index is 0.500. The van der Waals surface area contributed by atoms with E-state index < -0.39 is 0 Å². The predicted octanol–water partition coefficient (Wildman–Crippen LogP) is 1.66. The Kier molecular flexibility index (Phi) is 3.61. The van der Waals surface area contributed by atoms with E-state index in [1.165, 1.54) is 0 Å². The largest absolute Gasteiger partial charge is 0.351 e. The van der Waals surface area contributed by atoms with E-state index in [0.717, 1.165) is 32.0 Å². The van der Waals surface area contributed by atoms with Crippen molar-refractivity contribution in [3.05, 3.63) is 17.5 Å². The molecule has 1 atom stereocenters. The van der Waals surface area contributed by atoms with Gasteiger partial charge in [-0.2, -0.15) is 0 Å². The van der Waals surface area contributed by atoms with E-state index in [4.69, 9.17) is 11.6 Å². The van der Waals surface area contributed by atoms with Gasteiger partial charge in [0.1, 0.15) is 0 Å². The first-order chi connectivity index (χ1) is 7.72. The fourth-order valence-corrected chi connectivity index (χ4v) is 2.41. The van der Waals surface area contributed by atoms with Crippen molar-refractivity contribution in [1.82, 2.24) is 14.9 Å². The molecule has 0 spiro atoms. The molecule has 1 unspecified atom stereocenters. The third-order valence-corrected chi connectivity index (χ3v) is 3.37. The van der Waals surface area contributed by atoms with Crippen LogP contribution in [0.1, 0.15) is 13.8 Å². The molecule has 0 saturated carbocycles. The molecular weight excluding hydrogens is 224 g/mol. The van der Waals surface area contributed by atoms with Crippen LogP contribution in [-0.4, -0.2) is 47.1 Å². The summed E-state index contributed by atoms with van der Waals surface area (Å²) in [5, 5.41) is 0.500. The first-order valence-electron chi connectivity index (χ1n) is 5.68. The number of hydrogen-bond acceptors (Lipinski definition) is 4. The molecule has 88 valence electrons. The lowest BCUT2D eigenvalue weighted by molar-refractivity contribution is 0.199. The van der Waals surface area contributed by atoms with Crippen LogP contribution >= 0.6 is 11.6 Å². The van der Waals surface area contributed by atoms with Crippen LogP contribution in [0, 0.1) is 0 Å². The maximum atomic E-state index is 6.05. The van der Waals surface area contributed by atoms with Crippen molar-refractivity contribution in [1.29, 1.82) is 0 Å². The van der Waals surface area contributed by atoms with Crippen LogP contribution in [-0.2, 0) is 0 Å². The summed E-state index contributed by atoms with van der Waals surface area (Å²) in [6.07, 6.45) is 3.32. The number of halogens is 1. The molecule has 0 bridgehead atoms. The van der Waals surface area contributed by atoms with E-state index in [0.29, 0.717) is 11.2 Å². The van der Waals surface area contributed by atoms with Crippen LogP contribution in [0.25, 0.3) is 0 Å². The van der Waals surface area contributed by atoms with Crippen molar-refractivity contribution in [3.63, 3.8) is 0 Å². The highest BCUT2D eigenvalue weighted by molar-refractivity contribution is 6.31. The summed E-state index contributed by atoms with van der Waals surface area (Å²) < 4.78 is 0. The van der Waals surface area contributed by atoms with Crippen molar-refractivity contribution in [2.45, 2.75) is 19.9 Å². The van der Waals surface area contributed by atoms with Gasteiger partial charge < -0.3 is 4.90 Å². The van der Waals surface area contributed by atoms with Gasteiger partial charge in [-0.05, 0) is 13.5 Å². The summed E-state index contributed by atoms with van der Waals surface area (Å²) in [6.45, 7) is 8.53. The minimum atomic E-state index is 0.500. The van der Waals surface area contributed by atoms with Gasteiger partial charge in [-0.3, -0.25) is 4.90 Å². The molecule has 0 amide bonds. The van der Waals surface area contributed by atoms with E-state index in [1.54, 1.807) is 12.4 Å². The van der Waals surface area contributed by atoms with E-state index in [9.17, 15) is 0 Å². The van der Waals surface area contributed by atoms with Crippen LogP contribution in [0.3, 0.4) is 0 Å². The second-order valence-corrected chi connectivity index (χ2v) is 4.45. The maximum Gasteiger partial charge on any atom is 0.171 e. The summed E-state index contributed by atoms with van der Waals surface area (Å²) in [6, 6.07) is 0.539. The average molecular weight is 241 g/mol. The first kappa shape index (κ1) is 11.6. The van der Waals surface area contributed by atoms with E-state index in [-0.39, 0.29) is 0 Å². The summed E-state index contributed by atoms with van der Waals surface area (Å²) in [4.78, 5) is 13.0. The number of likely N-dealkylation sites (N-methyl/N-ethyl adjacent to an activating group) is 1. The van der Waals surface area contributed by atoms with Crippen molar-refractivity contribution in [3.8, 4) is 0 Å². The maximum absolute atomic E-state index is 6.05. The molecular formula is C11H17ClN4. The molecule has 0 N–H and O–H groups in total. The molecule has 1 aromatic rings. The SMILES string of the molecule is CCN1CCN(c2nccnc2Cl)CC1C. The molecule has 0 radical (unpaired) electrons. The molecule has 0 aromatic carbocycles. The highest BCUT2D eigenvalue weighted by Crippen LogP contribution is 2.22. The van der Waals surface area contributed by atoms with Crippen LogP contribution in [0.4, 0.5) is 5.82 Å². The third-order valence-electron chi connectivity index (χ3n) is 3.11. The van der Waals surface area contributed by atoms with Crippen LogP contribution in [0.15, 0.2) is 12.4 Å². The monoisotopic (exact) mass is 240 g/mol. The number of aromatic nitrogens is 2. The van der Waals surface area contributed by atoms with E-state index >= 15 is 0 Å². The molecule has 2 heterocycles. The lowest BCUT2D eigenvalue weighted by Crippen LogP contribution is -2.52. The fourth-order valence-electron chi connectivity index (χ4n) is 2.18. The zero-order valence-corrected chi connectivity index (χ0v) is 10.5. The Morgan fingerprint density at radius 2 is 2.12 bits per heavy atom.